The molecule has 2 aliphatic rings. The molecule has 3 N–H and O–H groups in total. The zero-order chi connectivity index (χ0) is 15.9. The third kappa shape index (κ3) is 2.42. The Balaban J connectivity index is 1.38. The van der Waals surface area contributed by atoms with Crippen molar-refractivity contribution in [2.24, 2.45) is 5.92 Å². The van der Waals surface area contributed by atoms with E-state index in [2.05, 4.69) is 21.5 Å². The molecule has 1 aromatic heterocycles. The smallest absolute Gasteiger partial charge is 0.260 e. The number of carbonyl (C=O) groups is 1. The van der Waals surface area contributed by atoms with Gasteiger partial charge in [-0.25, -0.2) is 0 Å². The quantitative estimate of drug-likeness (QED) is 0.874. The molecular formula is C16H18N4O3. The van der Waals surface area contributed by atoms with Crippen LogP contribution in [0.4, 0.5) is 5.95 Å². The van der Waals surface area contributed by atoms with E-state index in [0.29, 0.717) is 25.5 Å². The van der Waals surface area contributed by atoms with Gasteiger partial charge in [0, 0.05) is 29.9 Å². The normalized spacial score (nSPS) is 24.8. The van der Waals surface area contributed by atoms with Gasteiger partial charge in [0.05, 0.1) is 6.61 Å². The lowest BCUT2D eigenvalue weighted by Crippen LogP contribution is -2.32. The average Bonchev–Trinajstić information content (AvgIpc) is 3.12. The van der Waals surface area contributed by atoms with E-state index in [1.807, 2.05) is 18.2 Å². The minimum Gasteiger partial charge on any atom is -0.493 e. The Hall–Kier alpha value is -2.57. The Morgan fingerprint density at radius 2 is 2.30 bits per heavy atom. The highest BCUT2D eigenvalue weighted by molar-refractivity contribution is 5.84. The maximum absolute atomic E-state index is 12.4. The summed E-state index contributed by atoms with van der Waals surface area (Å²) in [6.07, 6.45) is 2.25. The molecule has 1 aromatic carbocycles. The Labute approximate surface area is 133 Å². The molecule has 2 aromatic rings. The lowest BCUT2D eigenvalue weighted by Gasteiger charge is -2.26. The number of nitrogens with one attached hydrogen (secondary N) is 1. The number of carbonyl (C=O) groups excluding carboxylic acids is 1. The molecule has 1 amide bonds. The van der Waals surface area contributed by atoms with E-state index in [0.717, 1.165) is 24.2 Å². The van der Waals surface area contributed by atoms with Crippen LogP contribution in [-0.4, -0.2) is 29.2 Å². The number of nitrogens with two attached hydrogens (primary N) is 1. The van der Waals surface area contributed by atoms with Crippen LogP contribution < -0.4 is 15.8 Å². The Bertz CT molecular complexity index is 744. The van der Waals surface area contributed by atoms with Gasteiger partial charge in [0.2, 0.25) is 11.8 Å². The number of aromatic nitrogens is 2. The SMILES string of the molecule is Nc1noc(CCNC(=O)[C@@H]2C[C@]23CCOc2ccccc23)n1. The minimum absolute atomic E-state index is 0.0142. The number of para-hydroxylation sites is 1. The van der Waals surface area contributed by atoms with Gasteiger partial charge >= 0.3 is 0 Å². The number of rotatable bonds is 4. The molecule has 2 atom stereocenters. The number of amides is 1. The van der Waals surface area contributed by atoms with E-state index in [1.54, 1.807) is 0 Å². The van der Waals surface area contributed by atoms with Gasteiger partial charge in [0.1, 0.15) is 5.75 Å². The second kappa shape index (κ2) is 5.26. The zero-order valence-electron chi connectivity index (χ0n) is 12.6. The van der Waals surface area contributed by atoms with Gasteiger partial charge in [-0.2, -0.15) is 4.98 Å². The first-order valence-electron chi connectivity index (χ1n) is 7.77. The second-order valence-corrected chi connectivity index (χ2v) is 6.09. The van der Waals surface area contributed by atoms with Gasteiger partial charge < -0.3 is 20.3 Å². The van der Waals surface area contributed by atoms with Crippen LogP contribution in [0.25, 0.3) is 0 Å². The summed E-state index contributed by atoms with van der Waals surface area (Å²) in [5.74, 6) is 1.56. The highest BCUT2D eigenvalue weighted by Crippen LogP contribution is 2.60. The van der Waals surface area contributed by atoms with Crippen molar-refractivity contribution in [3.05, 3.63) is 35.7 Å². The summed E-state index contributed by atoms with van der Waals surface area (Å²) in [6, 6.07) is 8.01. The van der Waals surface area contributed by atoms with E-state index >= 15 is 0 Å². The summed E-state index contributed by atoms with van der Waals surface area (Å²) in [5.41, 5.74) is 6.51. The third-order valence-electron chi connectivity index (χ3n) is 4.74. The number of anilines is 1. The van der Waals surface area contributed by atoms with Crippen molar-refractivity contribution in [2.45, 2.75) is 24.7 Å². The highest BCUT2D eigenvalue weighted by atomic mass is 16.5. The van der Waals surface area contributed by atoms with Crippen molar-refractivity contribution in [1.82, 2.24) is 15.5 Å². The molecular weight excluding hydrogens is 296 g/mol. The molecule has 7 heteroatoms. The van der Waals surface area contributed by atoms with Crippen LogP contribution in [0.15, 0.2) is 28.8 Å². The van der Waals surface area contributed by atoms with Gasteiger partial charge in [-0.05, 0) is 24.1 Å². The van der Waals surface area contributed by atoms with Crippen molar-refractivity contribution in [3.8, 4) is 5.75 Å². The summed E-state index contributed by atoms with van der Waals surface area (Å²) in [6.45, 7) is 1.13. The molecule has 1 saturated carbocycles. The molecule has 0 radical (unpaired) electrons. The van der Waals surface area contributed by atoms with Crippen LogP contribution in [0, 0.1) is 5.92 Å². The van der Waals surface area contributed by atoms with Crippen LogP contribution >= 0.6 is 0 Å². The van der Waals surface area contributed by atoms with E-state index < -0.39 is 0 Å². The van der Waals surface area contributed by atoms with Crippen molar-refractivity contribution >= 4 is 11.9 Å². The molecule has 4 rings (SSSR count). The zero-order valence-corrected chi connectivity index (χ0v) is 12.6. The Morgan fingerprint density at radius 3 is 3.13 bits per heavy atom. The van der Waals surface area contributed by atoms with Gasteiger partial charge in [-0.1, -0.05) is 18.2 Å². The van der Waals surface area contributed by atoms with E-state index in [1.165, 1.54) is 0 Å². The topological polar surface area (TPSA) is 103 Å². The first-order valence-corrected chi connectivity index (χ1v) is 7.77. The summed E-state index contributed by atoms with van der Waals surface area (Å²) in [5, 5.41) is 6.48. The second-order valence-electron chi connectivity index (χ2n) is 6.09. The molecule has 23 heavy (non-hydrogen) atoms. The first-order chi connectivity index (χ1) is 11.2. The molecule has 0 bridgehead atoms. The van der Waals surface area contributed by atoms with Gasteiger partial charge in [0.25, 0.3) is 5.95 Å². The summed E-state index contributed by atoms with van der Waals surface area (Å²) in [4.78, 5) is 16.4. The predicted octanol–water partition coefficient (Wildman–Crippen LogP) is 1.05. The fraction of sp³-hybridized carbons (Fsp3) is 0.438. The minimum atomic E-state index is -0.0478. The summed E-state index contributed by atoms with van der Waals surface area (Å²) < 4.78 is 10.6. The van der Waals surface area contributed by atoms with Crippen LogP contribution in [-0.2, 0) is 16.6 Å². The van der Waals surface area contributed by atoms with Crippen molar-refractivity contribution in [2.75, 3.05) is 18.9 Å². The largest absolute Gasteiger partial charge is 0.493 e. The standard InChI is InChI=1S/C16H18N4O3/c17-15-19-13(23-20-15)5-7-18-14(21)11-9-16(11)6-8-22-12-4-2-1-3-10(12)16/h1-4,11H,5-9H2,(H2,17,20)(H,18,21)/t11-,16-/m0/s1. The number of nitrogen functional groups attached to an aromatic ring is 1. The molecule has 0 saturated heterocycles. The van der Waals surface area contributed by atoms with Crippen LogP contribution in [0.1, 0.15) is 24.3 Å². The monoisotopic (exact) mass is 314 g/mol. The fourth-order valence-corrected chi connectivity index (χ4v) is 3.49. The van der Waals surface area contributed by atoms with E-state index in [4.69, 9.17) is 15.0 Å². The van der Waals surface area contributed by atoms with Gasteiger partial charge in [-0.3, -0.25) is 4.79 Å². The maximum atomic E-state index is 12.4. The number of ether oxygens (including phenoxy) is 1. The number of fused-ring (bicyclic) bond motifs is 2. The number of nitrogens with zero attached hydrogens (tertiary/aromatic N) is 2. The fourth-order valence-electron chi connectivity index (χ4n) is 3.49. The molecule has 1 spiro atoms. The predicted molar refractivity (Wildman–Crippen MR) is 81.8 cm³/mol. The molecule has 1 aliphatic carbocycles. The number of hydrogen-bond acceptors (Lipinski definition) is 6. The summed E-state index contributed by atoms with van der Waals surface area (Å²) in [7, 11) is 0. The van der Waals surface area contributed by atoms with E-state index in [-0.39, 0.29) is 23.2 Å². The lowest BCUT2D eigenvalue weighted by atomic mass is 9.87. The van der Waals surface area contributed by atoms with Gasteiger partial charge in [0.15, 0.2) is 0 Å². The lowest BCUT2D eigenvalue weighted by molar-refractivity contribution is -0.122. The molecule has 0 unspecified atom stereocenters. The average molecular weight is 314 g/mol. The van der Waals surface area contributed by atoms with Crippen molar-refractivity contribution in [3.63, 3.8) is 0 Å². The van der Waals surface area contributed by atoms with Gasteiger partial charge in [-0.15, -0.1) is 0 Å². The van der Waals surface area contributed by atoms with Crippen molar-refractivity contribution < 1.29 is 14.1 Å². The van der Waals surface area contributed by atoms with Crippen molar-refractivity contribution in [1.29, 1.82) is 0 Å². The third-order valence-corrected chi connectivity index (χ3v) is 4.74. The molecule has 120 valence electrons. The van der Waals surface area contributed by atoms with E-state index in [9.17, 15) is 4.79 Å². The summed E-state index contributed by atoms with van der Waals surface area (Å²) >= 11 is 0. The Morgan fingerprint density at radius 1 is 1.43 bits per heavy atom. The molecule has 1 aliphatic heterocycles. The number of benzene rings is 1. The number of hydrogen-bond donors (Lipinski definition) is 2. The molecule has 2 heterocycles. The van der Waals surface area contributed by atoms with Crippen LogP contribution in [0.2, 0.25) is 0 Å². The maximum Gasteiger partial charge on any atom is 0.260 e. The Kier molecular flexibility index (Phi) is 3.21. The highest BCUT2D eigenvalue weighted by Gasteiger charge is 2.60. The van der Waals surface area contributed by atoms with Crippen LogP contribution in [0.5, 0.6) is 5.75 Å². The molecule has 1 fully saturated rings. The van der Waals surface area contributed by atoms with Crippen LogP contribution in [0.3, 0.4) is 0 Å². The first kappa shape index (κ1) is 14.0. The molecule has 7 nitrogen and oxygen atoms in total.